The SMILES string of the molecule is CCCCn1c(-c2ccccc2)nc(-c2ccccc2)c1CN(Cc1ccc(S(N)(=O)=O)cc1)Cc1cccc(OC(F)(F)C(F)F)c1. The van der Waals surface area contributed by atoms with Crippen LogP contribution in [-0.2, 0) is 36.2 Å². The highest BCUT2D eigenvalue weighted by atomic mass is 32.2. The lowest BCUT2D eigenvalue weighted by Crippen LogP contribution is -2.33. The molecule has 0 fully saturated rings. The molecule has 0 aliphatic carbocycles. The molecular formula is C36H36F4N4O3S. The predicted molar refractivity (Wildman–Crippen MR) is 177 cm³/mol. The summed E-state index contributed by atoms with van der Waals surface area (Å²) >= 11 is 0. The van der Waals surface area contributed by atoms with E-state index in [0.717, 1.165) is 46.7 Å². The molecule has 2 N–H and O–H groups in total. The van der Waals surface area contributed by atoms with E-state index in [-0.39, 0.29) is 17.2 Å². The molecule has 0 unspecified atom stereocenters. The van der Waals surface area contributed by atoms with Gasteiger partial charge < -0.3 is 9.30 Å². The summed E-state index contributed by atoms with van der Waals surface area (Å²) in [5, 5.41) is 5.31. The molecule has 0 atom stereocenters. The topological polar surface area (TPSA) is 90.5 Å². The Hall–Kier alpha value is -4.52. The van der Waals surface area contributed by atoms with E-state index in [9.17, 15) is 26.0 Å². The number of sulfonamides is 1. The fraction of sp³-hybridized carbons (Fsp3) is 0.250. The van der Waals surface area contributed by atoms with E-state index in [1.54, 1.807) is 18.2 Å². The van der Waals surface area contributed by atoms with Gasteiger partial charge in [-0.2, -0.15) is 17.6 Å². The number of imidazole rings is 1. The van der Waals surface area contributed by atoms with Gasteiger partial charge in [0, 0.05) is 37.3 Å². The number of hydrogen-bond donors (Lipinski definition) is 1. The number of benzene rings is 4. The van der Waals surface area contributed by atoms with Gasteiger partial charge in [0.15, 0.2) is 0 Å². The van der Waals surface area contributed by atoms with Gasteiger partial charge in [-0.3, -0.25) is 4.90 Å². The van der Waals surface area contributed by atoms with Crippen molar-refractivity contribution in [2.45, 2.75) is 63.4 Å². The number of nitrogens with zero attached hydrogens (tertiary/aromatic N) is 3. The summed E-state index contributed by atoms with van der Waals surface area (Å²) in [6, 6.07) is 31.6. The molecule has 0 spiro atoms. The van der Waals surface area contributed by atoms with Crippen LogP contribution in [0, 0.1) is 0 Å². The maximum absolute atomic E-state index is 13.8. The van der Waals surface area contributed by atoms with Gasteiger partial charge in [-0.1, -0.05) is 98.3 Å². The van der Waals surface area contributed by atoms with Crippen molar-refractivity contribution >= 4 is 10.0 Å². The van der Waals surface area contributed by atoms with E-state index in [1.165, 1.54) is 30.3 Å². The van der Waals surface area contributed by atoms with Gasteiger partial charge >= 0.3 is 12.5 Å². The van der Waals surface area contributed by atoms with E-state index >= 15 is 0 Å². The van der Waals surface area contributed by atoms with Gasteiger partial charge in [0.2, 0.25) is 10.0 Å². The molecule has 0 amide bonds. The lowest BCUT2D eigenvalue weighted by molar-refractivity contribution is -0.253. The summed E-state index contributed by atoms with van der Waals surface area (Å²) < 4.78 is 83.7. The summed E-state index contributed by atoms with van der Waals surface area (Å²) in [5.41, 5.74) is 4.89. The zero-order chi connectivity index (χ0) is 34.3. The fourth-order valence-corrected chi connectivity index (χ4v) is 5.94. The van der Waals surface area contributed by atoms with Crippen LogP contribution in [0.5, 0.6) is 5.75 Å². The molecule has 7 nitrogen and oxygen atoms in total. The summed E-state index contributed by atoms with van der Waals surface area (Å²) in [6.45, 7) is 3.68. The monoisotopic (exact) mass is 680 g/mol. The molecule has 252 valence electrons. The van der Waals surface area contributed by atoms with Crippen LogP contribution in [0.15, 0.2) is 114 Å². The normalized spacial score (nSPS) is 12.2. The lowest BCUT2D eigenvalue weighted by atomic mass is 10.1. The Balaban J connectivity index is 1.59. The molecule has 5 aromatic rings. The molecule has 0 bridgehead atoms. The Morgan fingerprint density at radius 2 is 1.46 bits per heavy atom. The lowest BCUT2D eigenvalue weighted by Gasteiger charge is -2.25. The predicted octanol–water partition coefficient (Wildman–Crippen LogP) is 8.10. The Labute approximate surface area is 277 Å². The number of primary sulfonamides is 1. The number of hydrogen-bond acceptors (Lipinski definition) is 5. The minimum Gasteiger partial charge on any atom is -0.428 e. The third-order valence-electron chi connectivity index (χ3n) is 7.73. The van der Waals surface area contributed by atoms with Crippen molar-refractivity contribution in [1.29, 1.82) is 0 Å². The van der Waals surface area contributed by atoms with E-state index in [4.69, 9.17) is 10.1 Å². The van der Waals surface area contributed by atoms with Crippen molar-refractivity contribution in [3.63, 3.8) is 0 Å². The molecule has 0 saturated heterocycles. The average molecular weight is 681 g/mol. The van der Waals surface area contributed by atoms with Gasteiger partial charge in [-0.15, -0.1) is 0 Å². The first-order chi connectivity index (χ1) is 22.9. The largest absolute Gasteiger partial charge is 0.461 e. The molecule has 0 aliphatic rings. The van der Waals surface area contributed by atoms with Crippen molar-refractivity contribution in [3.05, 3.63) is 126 Å². The molecule has 0 radical (unpaired) electrons. The Bertz CT molecular complexity index is 1900. The highest BCUT2D eigenvalue weighted by molar-refractivity contribution is 7.89. The van der Waals surface area contributed by atoms with E-state index in [0.29, 0.717) is 25.2 Å². The van der Waals surface area contributed by atoms with Gasteiger partial charge in [-0.05, 0) is 41.8 Å². The third kappa shape index (κ3) is 8.68. The standard InChI is InChI=1S/C36H36F4N4O3S/c1-2-3-21-44-32(33(28-12-6-4-7-13-28)42-34(44)29-14-8-5-9-15-29)25-43(23-26-17-19-31(20-18-26)48(41,45)46)24-27-11-10-16-30(22-27)47-36(39,40)35(37)38/h4-20,22,35H,2-3,21,23-25H2,1H3,(H2,41,45,46). The van der Waals surface area contributed by atoms with Crippen LogP contribution in [0.4, 0.5) is 17.6 Å². The van der Waals surface area contributed by atoms with Crippen LogP contribution in [0.1, 0.15) is 36.6 Å². The molecule has 12 heteroatoms. The van der Waals surface area contributed by atoms with Crippen LogP contribution >= 0.6 is 0 Å². The Morgan fingerprint density at radius 3 is 2.06 bits per heavy atom. The van der Waals surface area contributed by atoms with Crippen molar-refractivity contribution in [2.24, 2.45) is 5.14 Å². The minimum absolute atomic E-state index is 0.0286. The van der Waals surface area contributed by atoms with Crippen molar-refractivity contribution < 1.29 is 30.7 Å². The number of rotatable bonds is 15. The second-order valence-electron chi connectivity index (χ2n) is 11.4. The van der Waals surface area contributed by atoms with Crippen LogP contribution in [0.3, 0.4) is 0 Å². The maximum atomic E-state index is 13.8. The number of alkyl halides is 4. The van der Waals surface area contributed by atoms with E-state index < -0.39 is 22.6 Å². The van der Waals surface area contributed by atoms with Gasteiger partial charge in [0.25, 0.3) is 0 Å². The van der Waals surface area contributed by atoms with Gasteiger partial charge in [-0.25, -0.2) is 18.5 Å². The first-order valence-electron chi connectivity index (χ1n) is 15.4. The first-order valence-corrected chi connectivity index (χ1v) is 17.0. The van der Waals surface area contributed by atoms with Crippen molar-refractivity contribution in [1.82, 2.24) is 14.5 Å². The zero-order valence-electron chi connectivity index (χ0n) is 26.3. The second-order valence-corrected chi connectivity index (χ2v) is 13.0. The van der Waals surface area contributed by atoms with Crippen LogP contribution < -0.4 is 9.88 Å². The molecule has 48 heavy (non-hydrogen) atoms. The van der Waals surface area contributed by atoms with Crippen LogP contribution in [-0.4, -0.2) is 35.4 Å². The molecule has 1 heterocycles. The molecule has 5 rings (SSSR count). The average Bonchev–Trinajstić information content (AvgIpc) is 3.42. The van der Waals surface area contributed by atoms with E-state index in [1.807, 2.05) is 60.7 Å². The van der Waals surface area contributed by atoms with Crippen LogP contribution in [0.25, 0.3) is 22.6 Å². The fourth-order valence-electron chi connectivity index (χ4n) is 5.43. The number of aromatic nitrogens is 2. The smallest absolute Gasteiger partial charge is 0.428 e. The van der Waals surface area contributed by atoms with Gasteiger partial charge in [0.05, 0.1) is 16.3 Å². The Morgan fingerprint density at radius 1 is 0.833 bits per heavy atom. The highest BCUT2D eigenvalue weighted by Crippen LogP contribution is 2.33. The van der Waals surface area contributed by atoms with Crippen molar-refractivity contribution in [2.75, 3.05) is 0 Å². The number of ether oxygens (including phenoxy) is 1. The van der Waals surface area contributed by atoms with Crippen LogP contribution in [0.2, 0.25) is 0 Å². The summed E-state index contributed by atoms with van der Waals surface area (Å²) in [4.78, 5) is 7.19. The van der Waals surface area contributed by atoms with Gasteiger partial charge in [0.1, 0.15) is 11.6 Å². The molecule has 4 aromatic carbocycles. The Kier molecular flexibility index (Phi) is 11.0. The highest BCUT2D eigenvalue weighted by Gasteiger charge is 2.44. The number of halogens is 4. The van der Waals surface area contributed by atoms with E-state index in [2.05, 4.69) is 21.1 Å². The zero-order valence-corrected chi connectivity index (χ0v) is 27.1. The second kappa shape index (κ2) is 15.1. The summed E-state index contributed by atoms with van der Waals surface area (Å²) in [7, 11) is -3.90. The van der Waals surface area contributed by atoms with Crippen molar-refractivity contribution in [3.8, 4) is 28.4 Å². The minimum atomic E-state index is -4.65. The third-order valence-corrected chi connectivity index (χ3v) is 8.66. The first kappa shape index (κ1) is 34.8. The maximum Gasteiger partial charge on any atom is 0.461 e. The molecule has 0 saturated carbocycles. The summed E-state index contributed by atoms with van der Waals surface area (Å²) in [5.74, 6) is 0.416. The quantitative estimate of drug-likeness (QED) is 0.113. The molecule has 0 aliphatic heterocycles. The number of unbranched alkanes of at least 4 members (excludes halogenated alkanes) is 1. The number of nitrogens with two attached hydrogens (primary N) is 1. The summed E-state index contributed by atoms with van der Waals surface area (Å²) in [6.07, 6.45) is -6.79. The molecular weight excluding hydrogens is 644 g/mol. The molecule has 1 aromatic heterocycles.